The molecular formula is C13H20N2O2S3. The van der Waals surface area contributed by atoms with Crippen molar-refractivity contribution < 1.29 is 8.42 Å². The van der Waals surface area contributed by atoms with Crippen molar-refractivity contribution in [2.75, 3.05) is 18.6 Å². The van der Waals surface area contributed by atoms with Crippen molar-refractivity contribution >= 4 is 33.1 Å². The minimum atomic E-state index is -3.31. The van der Waals surface area contributed by atoms with Crippen LogP contribution in [0.25, 0.3) is 0 Å². The van der Waals surface area contributed by atoms with Crippen LogP contribution in [0.1, 0.15) is 24.1 Å². The summed E-state index contributed by atoms with van der Waals surface area (Å²) in [6, 6.07) is 4.49. The van der Waals surface area contributed by atoms with E-state index in [4.69, 9.17) is 0 Å². The zero-order valence-corrected chi connectivity index (χ0v) is 14.0. The minimum absolute atomic E-state index is 0.153. The molecule has 1 aliphatic heterocycles. The minimum Gasteiger partial charge on any atom is -0.309 e. The maximum absolute atomic E-state index is 12.6. The molecule has 0 amide bonds. The Labute approximate surface area is 129 Å². The molecule has 1 saturated heterocycles. The summed E-state index contributed by atoms with van der Waals surface area (Å²) in [6.07, 6.45) is 3.46. The molecule has 2 fully saturated rings. The second-order valence-electron chi connectivity index (χ2n) is 5.41. The van der Waals surface area contributed by atoms with Gasteiger partial charge in [-0.1, -0.05) is 0 Å². The van der Waals surface area contributed by atoms with E-state index in [0.29, 0.717) is 10.3 Å². The standard InChI is InChI=1S/C13H20N2O2S3/c1-15(11-6-7-18-9-11)20(16,17)13-5-4-12(19-13)8-14-10-2-3-10/h4-5,10-11,14H,2-3,6-9H2,1H3. The Kier molecular flexibility index (Phi) is 4.42. The SMILES string of the molecule is CN(C1CCSC1)S(=O)(=O)c1ccc(CNC2CC2)s1. The maximum Gasteiger partial charge on any atom is 0.252 e. The number of rotatable bonds is 6. The van der Waals surface area contributed by atoms with E-state index < -0.39 is 10.0 Å². The van der Waals surface area contributed by atoms with Gasteiger partial charge in [0.05, 0.1) is 0 Å². The number of hydrogen-bond acceptors (Lipinski definition) is 5. The molecule has 1 atom stereocenters. The summed E-state index contributed by atoms with van der Waals surface area (Å²) in [4.78, 5) is 1.10. The largest absolute Gasteiger partial charge is 0.309 e. The molecule has 1 aromatic rings. The van der Waals surface area contributed by atoms with Crippen LogP contribution >= 0.6 is 23.1 Å². The molecule has 1 aliphatic carbocycles. The molecule has 0 bridgehead atoms. The number of nitrogens with zero attached hydrogens (tertiary/aromatic N) is 1. The van der Waals surface area contributed by atoms with E-state index in [1.807, 2.05) is 17.8 Å². The highest BCUT2D eigenvalue weighted by atomic mass is 32.2. The molecule has 112 valence electrons. The molecule has 1 saturated carbocycles. The van der Waals surface area contributed by atoms with Crippen molar-refractivity contribution in [1.82, 2.24) is 9.62 Å². The van der Waals surface area contributed by atoms with Crippen molar-refractivity contribution in [2.24, 2.45) is 0 Å². The molecule has 2 heterocycles. The third kappa shape index (κ3) is 3.22. The lowest BCUT2D eigenvalue weighted by Gasteiger charge is -2.22. The third-order valence-electron chi connectivity index (χ3n) is 3.83. The van der Waals surface area contributed by atoms with Crippen molar-refractivity contribution in [2.45, 2.75) is 42.1 Å². The molecule has 1 N–H and O–H groups in total. The highest BCUT2D eigenvalue weighted by molar-refractivity contribution is 7.99. The van der Waals surface area contributed by atoms with E-state index in [1.54, 1.807) is 17.4 Å². The van der Waals surface area contributed by atoms with Gasteiger partial charge in [-0.05, 0) is 37.1 Å². The van der Waals surface area contributed by atoms with Crippen molar-refractivity contribution in [3.05, 3.63) is 17.0 Å². The summed E-state index contributed by atoms with van der Waals surface area (Å²) < 4.78 is 27.2. The van der Waals surface area contributed by atoms with E-state index in [9.17, 15) is 8.42 Å². The summed E-state index contributed by atoms with van der Waals surface area (Å²) in [5.41, 5.74) is 0. The van der Waals surface area contributed by atoms with Crippen LogP contribution in [-0.2, 0) is 16.6 Å². The molecule has 1 aromatic heterocycles. The smallest absolute Gasteiger partial charge is 0.252 e. The Morgan fingerprint density at radius 2 is 2.15 bits per heavy atom. The first-order chi connectivity index (χ1) is 9.57. The molecule has 0 radical (unpaired) electrons. The van der Waals surface area contributed by atoms with E-state index in [-0.39, 0.29) is 6.04 Å². The molecular weight excluding hydrogens is 312 g/mol. The molecule has 7 heteroatoms. The molecule has 20 heavy (non-hydrogen) atoms. The van der Waals surface area contributed by atoms with Crippen LogP contribution < -0.4 is 5.32 Å². The molecule has 0 spiro atoms. The van der Waals surface area contributed by atoms with Gasteiger partial charge >= 0.3 is 0 Å². The first kappa shape index (κ1) is 14.8. The maximum atomic E-state index is 12.6. The highest BCUT2D eigenvalue weighted by Gasteiger charge is 2.31. The fourth-order valence-corrected chi connectivity index (χ4v) is 6.51. The Morgan fingerprint density at radius 1 is 1.35 bits per heavy atom. The lowest BCUT2D eigenvalue weighted by molar-refractivity contribution is 0.396. The fourth-order valence-electron chi connectivity index (χ4n) is 2.27. The lowest BCUT2D eigenvalue weighted by atomic mass is 10.3. The zero-order valence-electron chi connectivity index (χ0n) is 11.5. The van der Waals surface area contributed by atoms with Gasteiger partial charge in [-0.25, -0.2) is 8.42 Å². The predicted octanol–water partition coefficient (Wildman–Crippen LogP) is 2.13. The van der Waals surface area contributed by atoms with E-state index >= 15 is 0 Å². The molecule has 2 aliphatic rings. The number of sulfonamides is 1. The van der Waals surface area contributed by atoms with Crippen LogP contribution in [0.5, 0.6) is 0 Å². The summed E-state index contributed by atoms with van der Waals surface area (Å²) >= 11 is 3.23. The predicted molar refractivity (Wildman–Crippen MR) is 84.9 cm³/mol. The number of nitrogens with one attached hydrogen (secondary N) is 1. The van der Waals surface area contributed by atoms with Gasteiger partial charge in [0.1, 0.15) is 4.21 Å². The van der Waals surface area contributed by atoms with Crippen LogP contribution in [0, 0.1) is 0 Å². The van der Waals surface area contributed by atoms with Crippen LogP contribution in [-0.4, -0.2) is 43.4 Å². The van der Waals surface area contributed by atoms with Gasteiger partial charge in [-0.3, -0.25) is 0 Å². The van der Waals surface area contributed by atoms with E-state index in [0.717, 1.165) is 29.3 Å². The first-order valence-corrected chi connectivity index (χ1v) is 10.4. The van der Waals surface area contributed by atoms with Gasteiger partial charge in [0.15, 0.2) is 0 Å². The summed E-state index contributed by atoms with van der Waals surface area (Å²) in [5.74, 6) is 1.97. The molecule has 1 unspecified atom stereocenters. The number of thiophene rings is 1. The van der Waals surface area contributed by atoms with Gasteiger partial charge in [0.25, 0.3) is 10.0 Å². The summed E-state index contributed by atoms with van der Waals surface area (Å²) in [7, 11) is -1.60. The molecule has 3 rings (SSSR count). The third-order valence-corrected chi connectivity index (χ3v) is 8.44. The van der Waals surface area contributed by atoms with Crippen molar-refractivity contribution in [3.8, 4) is 0 Å². The number of hydrogen-bond donors (Lipinski definition) is 1. The average Bonchev–Trinajstić information content (AvgIpc) is 2.95. The lowest BCUT2D eigenvalue weighted by Crippen LogP contribution is -2.36. The second-order valence-corrected chi connectivity index (χ2v) is 9.96. The average molecular weight is 333 g/mol. The molecule has 0 aromatic carbocycles. The Morgan fingerprint density at radius 3 is 2.80 bits per heavy atom. The van der Waals surface area contributed by atoms with Crippen molar-refractivity contribution in [3.63, 3.8) is 0 Å². The zero-order chi connectivity index (χ0) is 14.2. The number of thioether (sulfide) groups is 1. The highest BCUT2D eigenvalue weighted by Crippen LogP contribution is 2.30. The van der Waals surface area contributed by atoms with Crippen LogP contribution in [0.2, 0.25) is 0 Å². The second kappa shape index (κ2) is 5.96. The molecule has 4 nitrogen and oxygen atoms in total. The first-order valence-electron chi connectivity index (χ1n) is 6.95. The summed E-state index contributed by atoms with van der Waals surface area (Å²) in [6.45, 7) is 0.786. The normalized spacial score (nSPS) is 23.6. The van der Waals surface area contributed by atoms with Gasteiger partial charge in [0, 0.05) is 36.3 Å². The van der Waals surface area contributed by atoms with Crippen LogP contribution in [0.3, 0.4) is 0 Å². The Hall–Kier alpha value is -0.0800. The van der Waals surface area contributed by atoms with E-state index in [1.165, 1.54) is 24.2 Å². The van der Waals surface area contributed by atoms with Gasteiger partial charge in [0.2, 0.25) is 0 Å². The van der Waals surface area contributed by atoms with Gasteiger partial charge < -0.3 is 5.32 Å². The van der Waals surface area contributed by atoms with Crippen molar-refractivity contribution in [1.29, 1.82) is 0 Å². The monoisotopic (exact) mass is 332 g/mol. The summed E-state index contributed by atoms with van der Waals surface area (Å²) in [5, 5.41) is 3.42. The quantitative estimate of drug-likeness (QED) is 0.867. The van der Waals surface area contributed by atoms with Gasteiger partial charge in [-0.15, -0.1) is 11.3 Å². The van der Waals surface area contributed by atoms with Crippen LogP contribution in [0.4, 0.5) is 0 Å². The van der Waals surface area contributed by atoms with Crippen LogP contribution in [0.15, 0.2) is 16.3 Å². The fraction of sp³-hybridized carbons (Fsp3) is 0.692. The van der Waals surface area contributed by atoms with E-state index in [2.05, 4.69) is 5.32 Å². The van der Waals surface area contributed by atoms with Gasteiger partial charge in [-0.2, -0.15) is 16.1 Å². The topological polar surface area (TPSA) is 49.4 Å². The Balaban J connectivity index is 1.69. The Bertz CT molecular complexity index is 560.